The summed E-state index contributed by atoms with van der Waals surface area (Å²) in [5.74, 6) is 0.371. The van der Waals surface area contributed by atoms with E-state index in [-0.39, 0.29) is 18.1 Å². The van der Waals surface area contributed by atoms with Crippen LogP contribution in [0.3, 0.4) is 0 Å². The SMILES string of the molecule is Cc1csc(CC(=O)NN=C2CCSc3ccc(F)cc32)n1. The minimum atomic E-state index is -0.293. The lowest BCUT2D eigenvalue weighted by Crippen LogP contribution is -2.23. The van der Waals surface area contributed by atoms with Crippen LogP contribution in [0.2, 0.25) is 0 Å². The number of rotatable bonds is 3. The Morgan fingerprint density at radius 1 is 1.50 bits per heavy atom. The molecule has 1 aromatic carbocycles. The lowest BCUT2D eigenvalue weighted by molar-refractivity contribution is -0.120. The van der Waals surface area contributed by atoms with Crippen molar-refractivity contribution in [3.8, 4) is 0 Å². The number of benzene rings is 1. The van der Waals surface area contributed by atoms with Crippen LogP contribution in [0.4, 0.5) is 4.39 Å². The Morgan fingerprint density at radius 3 is 3.14 bits per heavy atom. The minimum absolute atomic E-state index is 0.208. The normalized spacial score (nSPS) is 15.6. The van der Waals surface area contributed by atoms with Gasteiger partial charge in [-0.25, -0.2) is 14.8 Å². The van der Waals surface area contributed by atoms with Gasteiger partial charge in [0.15, 0.2) is 0 Å². The second-order valence-corrected chi connectivity index (χ2v) is 6.97. The van der Waals surface area contributed by atoms with E-state index in [9.17, 15) is 9.18 Å². The number of aromatic nitrogens is 1. The summed E-state index contributed by atoms with van der Waals surface area (Å²) >= 11 is 3.13. The predicted molar refractivity (Wildman–Crippen MR) is 87.0 cm³/mol. The van der Waals surface area contributed by atoms with Gasteiger partial charge in [-0.2, -0.15) is 5.10 Å². The number of fused-ring (bicyclic) bond motifs is 1. The Hall–Kier alpha value is -1.73. The molecule has 2 aromatic rings. The van der Waals surface area contributed by atoms with Gasteiger partial charge in [0.2, 0.25) is 5.91 Å². The highest BCUT2D eigenvalue weighted by Gasteiger charge is 2.17. The molecular formula is C15H14FN3OS2. The summed E-state index contributed by atoms with van der Waals surface area (Å²) in [6, 6.07) is 4.67. The summed E-state index contributed by atoms with van der Waals surface area (Å²) in [5, 5.41) is 6.86. The molecule has 0 spiro atoms. The first-order valence-electron chi connectivity index (χ1n) is 6.81. The highest BCUT2D eigenvalue weighted by Crippen LogP contribution is 2.30. The molecule has 2 heterocycles. The van der Waals surface area contributed by atoms with E-state index in [1.165, 1.54) is 23.5 Å². The molecule has 0 saturated carbocycles. The van der Waals surface area contributed by atoms with Crippen molar-refractivity contribution in [3.63, 3.8) is 0 Å². The first kappa shape index (κ1) is 15.2. The van der Waals surface area contributed by atoms with Gasteiger partial charge in [0.25, 0.3) is 0 Å². The second kappa shape index (κ2) is 6.58. The van der Waals surface area contributed by atoms with E-state index in [2.05, 4.69) is 15.5 Å². The Bertz CT molecular complexity index is 742. The number of aryl methyl sites for hydroxylation is 1. The molecule has 3 rings (SSSR count). The quantitative estimate of drug-likeness (QED) is 0.877. The van der Waals surface area contributed by atoms with Crippen molar-refractivity contribution >= 4 is 34.7 Å². The fourth-order valence-electron chi connectivity index (χ4n) is 2.15. The van der Waals surface area contributed by atoms with Gasteiger partial charge < -0.3 is 0 Å². The maximum Gasteiger partial charge on any atom is 0.246 e. The lowest BCUT2D eigenvalue weighted by Gasteiger charge is -2.17. The molecule has 1 aromatic heterocycles. The number of carbonyl (C=O) groups excluding carboxylic acids is 1. The number of carbonyl (C=O) groups is 1. The number of amides is 1. The number of nitrogens with one attached hydrogen (secondary N) is 1. The molecule has 4 nitrogen and oxygen atoms in total. The monoisotopic (exact) mass is 335 g/mol. The molecule has 1 amide bonds. The van der Waals surface area contributed by atoms with Crippen LogP contribution >= 0.6 is 23.1 Å². The molecule has 22 heavy (non-hydrogen) atoms. The molecule has 0 radical (unpaired) electrons. The minimum Gasteiger partial charge on any atom is -0.273 e. The molecule has 1 aliphatic rings. The molecule has 1 aliphatic heterocycles. The summed E-state index contributed by atoms with van der Waals surface area (Å²) in [7, 11) is 0. The summed E-state index contributed by atoms with van der Waals surface area (Å²) in [5.41, 5.74) is 4.95. The van der Waals surface area contributed by atoms with E-state index >= 15 is 0 Å². The zero-order valence-corrected chi connectivity index (χ0v) is 13.6. The van der Waals surface area contributed by atoms with E-state index in [4.69, 9.17) is 0 Å². The van der Waals surface area contributed by atoms with E-state index < -0.39 is 0 Å². The van der Waals surface area contributed by atoms with Crippen LogP contribution in [0.1, 0.15) is 22.7 Å². The fraction of sp³-hybridized carbons (Fsp3) is 0.267. The molecule has 0 aliphatic carbocycles. The zero-order valence-electron chi connectivity index (χ0n) is 11.9. The fourth-order valence-corrected chi connectivity index (χ4v) is 3.93. The van der Waals surface area contributed by atoms with Gasteiger partial charge in [0, 0.05) is 33.7 Å². The highest BCUT2D eigenvalue weighted by atomic mass is 32.2. The molecule has 0 unspecified atom stereocenters. The Kier molecular flexibility index (Phi) is 4.54. The van der Waals surface area contributed by atoms with Crippen LogP contribution in [0.5, 0.6) is 0 Å². The van der Waals surface area contributed by atoms with Gasteiger partial charge in [0.1, 0.15) is 10.8 Å². The molecular weight excluding hydrogens is 321 g/mol. The van der Waals surface area contributed by atoms with Crippen molar-refractivity contribution in [3.05, 3.63) is 45.7 Å². The molecule has 7 heteroatoms. The first-order chi connectivity index (χ1) is 10.6. The van der Waals surface area contributed by atoms with Crippen LogP contribution in [-0.4, -0.2) is 22.4 Å². The smallest absolute Gasteiger partial charge is 0.246 e. The molecule has 0 fully saturated rings. The summed E-state index contributed by atoms with van der Waals surface area (Å²) in [4.78, 5) is 17.2. The van der Waals surface area contributed by atoms with E-state index in [0.717, 1.165) is 32.6 Å². The Labute approximate surface area is 135 Å². The third-order valence-corrected chi connectivity index (χ3v) is 5.18. The third kappa shape index (κ3) is 3.53. The van der Waals surface area contributed by atoms with E-state index in [0.29, 0.717) is 6.42 Å². The van der Waals surface area contributed by atoms with Crippen molar-refractivity contribution in [2.75, 3.05) is 5.75 Å². The van der Waals surface area contributed by atoms with Crippen LogP contribution in [-0.2, 0) is 11.2 Å². The molecule has 114 valence electrons. The van der Waals surface area contributed by atoms with Gasteiger partial charge >= 0.3 is 0 Å². The largest absolute Gasteiger partial charge is 0.273 e. The van der Waals surface area contributed by atoms with Crippen molar-refractivity contribution in [2.45, 2.75) is 24.7 Å². The molecule has 0 bridgehead atoms. The maximum absolute atomic E-state index is 13.4. The number of thioether (sulfide) groups is 1. The van der Waals surface area contributed by atoms with Crippen LogP contribution in [0.15, 0.2) is 33.6 Å². The Balaban J connectivity index is 1.71. The van der Waals surface area contributed by atoms with Gasteiger partial charge in [0.05, 0.1) is 12.1 Å². The first-order valence-corrected chi connectivity index (χ1v) is 8.67. The Morgan fingerprint density at radius 2 is 2.36 bits per heavy atom. The number of thiazole rings is 1. The van der Waals surface area contributed by atoms with Crippen LogP contribution in [0, 0.1) is 12.7 Å². The highest BCUT2D eigenvalue weighted by molar-refractivity contribution is 7.99. The van der Waals surface area contributed by atoms with Gasteiger partial charge in [-0.05, 0) is 25.1 Å². The number of nitrogens with zero attached hydrogens (tertiary/aromatic N) is 2. The zero-order chi connectivity index (χ0) is 15.5. The number of hydrazone groups is 1. The van der Waals surface area contributed by atoms with E-state index in [1.54, 1.807) is 17.8 Å². The average molecular weight is 335 g/mol. The standard InChI is InChI=1S/C15H14FN3OS2/c1-9-8-22-15(17-9)7-14(20)19-18-12-4-5-21-13-3-2-10(16)6-11(12)13/h2-3,6,8H,4-5,7H2,1H3,(H,19,20). The summed E-state index contributed by atoms with van der Waals surface area (Å²) < 4.78 is 13.4. The van der Waals surface area contributed by atoms with Crippen molar-refractivity contribution in [1.82, 2.24) is 10.4 Å². The molecule has 0 atom stereocenters. The predicted octanol–water partition coefficient (Wildman–Crippen LogP) is 3.15. The maximum atomic E-state index is 13.4. The molecule has 0 saturated heterocycles. The number of hydrogen-bond acceptors (Lipinski definition) is 5. The third-order valence-electron chi connectivity index (χ3n) is 3.14. The van der Waals surface area contributed by atoms with Gasteiger partial charge in [-0.15, -0.1) is 23.1 Å². The number of halogens is 1. The second-order valence-electron chi connectivity index (χ2n) is 4.89. The van der Waals surface area contributed by atoms with Gasteiger partial charge in [-0.3, -0.25) is 4.79 Å². The average Bonchev–Trinajstić information content (AvgIpc) is 2.90. The number of hydrogen-bond donors (Lipinski definition) is 1. The molecule has 1 N–H and O–H groups in total. The lowest BCUT2D eigenvalue weighted by atomic mass is 10.1. The van der Waals surface area contributed by atoms with Crippen molar-refractivity contribution < 1.29 is 9.18 Å². The van der Waals surface area contributed by atoms with Gasteiger partial charge in [-0.1, -0.05) is 0 Å². The van der Waals surface area contributed by atoms with Crippen molar-refractivity contribution in [2.24, 2.45) is 5.10 Å². The van der Waals surface area contributed by atoms with Crippen LogP contribution in [0.25, 0.3) is 0 Å². The summed E-state index contributed by atoms with van der Waals surface area (Å²) in [6.07, 6.45) is 0.914. The van der Waals surface area contributed by atoms with Crippen LogP contribution < -0.4 is 5.43 Å². The topological polar surface area (TPSA) is 54.4 Å². The van der Waals surface area contributed by atoms with Crippen molar-refractivity contribution in [1.29, 1.82) is 0 Å². The van der Waals surface area contributed by atoms with E-state index in [1.807, 2.05) is 12.3 Å². The summed E-state index contributed by atoms with van der Waals surface area (Å²) in [6.45, 7) is 1.89.